The number of non-ortho nitro benzene ring substituents is 1. The van der Waals surface area contributed by atoms with Crippen LogP contribution in [0.2, 0.25) is 0 Å². The number of hydrogen-bond donors (Lipinski definition) is 0. The Morgan fingerprint density at radius 2 is 1.84 bits per heavy atom. The third-order valence-corrected chi connectivity index (χ3v) is 5.01. The zero-order valence-corrected chi connectivity index (χ0v) is 14.9. The van der Waals surface area contributed by atoms with Gasteiger partial charge in [0.2, 0.25) is 11.8 Å². The molecular weight excluding hydrogens is 338 g/mol. The molecule has 2 aromatic carbocycles. The van der Waals surface area contributed by atoms with Crippen LogP contribution < -0.4 is 0 Å². The molecule has 0 fully saturated rings. The first kappa shape index (κ1) is 17.2. The molecule has 3 aromatic rings. The van der Waals surface area contributed by atoms with Gasteiger partial charge in [0, 0.05) is 22.6 Å². The van der Waals surface area contributed by atoms with Crippen molar-refractivity contribution in [2.45, 2.75) is 30.9 Å². The van der Waals surface area contributed by atoms with Gasteiger partial charge in [-0.15, -0.1) is 22.0 Å². The van der Waals surface area contributed by atoms with Crippen LogP contribution in [-0.4, -0.2) is 15.1 Å². The van der Waals surface area contributed by atoms with Gasteiger partial charge in [-0.25, -0.2) is 0 Å². The third kappa shape index (κ3) is 3.88. The number of aromatic nitrogens is 2. The van der Waals surface area contributed by atoms with Gasteiger partial charge in [-0.05, 0) is 44.5 Å². The second-order valence-corrected chi connectivity index (χ2v) is 7.16. The fourth-order valence-electron chi connectivity index (χ4n) is 2.41. The Hall–Kier alpha value is -2.67. The summed E-state index contributed by atoms with van der Waals surface area (Å²) in [6, 6.07) is 12.4. The van der Waals surface area contributed by atoms with E-state index in [4.69, 9.17) is 4.42 Å². The van der Waals surface area contributed by atoms with Crippen LogP contribution in [0.5, 0.6) is 0 Å². The third-order valence-electron chi connectivity index (χ3n) is 3.75. The van der Waals surface area contributed by atoms with E-state index in [2.05, 4.69) is 42.2 Å². The van der Waals surface area contributed by atoms with E-state index in [0.29, 0.717) is 17.3 Å². The molecule has 1 atom stereocenters. The van der Waals surface area contributed by atoms with Crippen LogP contribution in [0, 0.1) is 24.0 Å². The SMILES string of the molecule is Cc1ccc(S[C@@H](C)c2nnc(-c3ccc([N+](=O)[O-])cc3)o2)c(C)c1. The van der Waals surface area contributed by atoms with Gasteiger partial charge in [-0.3, -0.25) is 10.1 Å². The molecule has 25 heavy (non-hydrogen) atoms. The number of hydrogen-bond acceptors (Lipinski definition) is 6. The highest BCUT2D eigenvalue weighted by atomic mass is 32.2. The Morgan fingerprint density at radius 3 is 2.48 bits per heavy atom. The molecule has 0 aliphatic rings. The summed E-state index contributed by atoms with van der Waals surface area (Å²) >= 11 is 1.66. The highest BCUT2D eigenvalue weighted by Crippen LogP contribution is 2.37. The standard InChI is InChI=1S/C18H17N3O3S/c1-11-4-9-16(12(2)10-11)25-13(3)17-19-20-18(24-17)14-5-7-15(8-6-14)21(22)23/h4-10,13H,1-3H3/t13-/m0/s1. The lowest BCUT2D eigenvalue weighted by atomic mass is 10.2. The maximum Gasteiger partial charge on any atom is 0.269 e. The average Bonchev–Trinajstić information content (AvgIpc) is 3.07. The Balaban J connectivity index is 1.77. The minimum Gasteiger partial charge on any atom is -0.419 e. The summed E-state index contributed by atoms with van der Waals surface area (Å²) in [6.07, 6.45) is 0. The van der Waals surface area contributed by atoms with E-state index in [0.717, 1.165) is 0 Å². The van der Waals surface area contributed by atoms with Gasteiger partial charge in [-0.2, -0.15) is 0 Å². The predicted octanol–water partition coefficient (Wildman–Crippen LogP) is 5.11. The van der Waals surface area contributed by atoms with Gasteiger partial charge < -0.3 is 4.42 Å². The van der Waals surface area contributed by atoms with E-state index in [9.17, 15) is 10.1 Å². The summed E-state index contributed by atoms with van der Waals surface area (Å²) in [5.74, 6) is 0.885. The summed E-state index contributed by atoms with van der Waals surface area (Å²) in [7, 11) is 0. The average molecular weight is 355 g/mol. The van der Waals surface area contributed by atoms with Crippen LogP contribution in [-0.2, 0) is 0 Å². The Bertz CT molecular complexity index is 906. The van der Waals surface area contributed by atoms with Gasteiger partial charge in [0.25, 0.3) is 5.69 Å². The molecule has 0 radical (unpaired) electrons. The van der Waals surface area contributed by atoms with Crippen LogP contribution in [0.25, 0.3) is 11.5 Å². The number of thioether (sulfide) groups is 1. The Morgan fingerprint density at radius 1 is 1.12 bits per heavy atom. The van der Waals surface area contributed by atoms with Crippen molar-refractivity contribution in [2.24, 2.45) is 0 Å². The Kier molecular flexibility index (Phi) is 4.85. The molecule has 0 bridgehead atoms. The van der Waals surface area contributed by atoms with E-state index in [1.165, 1.54) is 28.2 Å². The lowest BCUT2D eigenvalue weighted by Gasteiger charge is -2.10. The van der Waals surface area contributed by atoms with Gasteiger partial charge in [0.15, 0.2) is 0 Å². The van der Waals surface area contributed by atoms with E-state index >= 15 is 0 Å². The number of aryl methyl sites for hydroxylation is 2. The molecule has 0 saturated carbocycles. The van der Waals surface area contributed by atoms with E-state index in [-0.39, 0.29) is 10.9 Å². The van der Waals surface area contributed by atoms with Crippen molar-refractivity contribution in [3.05, 3.63) is 69.6 Å². The van der Waals surface area contributed by atoms with Gasteiger partial charge in [0.05, 0.1) is 10.2 Å². The van der Waals surface area contributed by atoms with Crippen LogP contribution in [0.15, 0.2) is 51.8 Å². The predicted molar refractivity (Wildman–Crippen MR) is 96.6 cm³/mol. The molecule has 0 amide bonds. The topological polar surface area (TPSA) is 82.1 Å². The molecule has 6 nitrogen and oxygen atoms in total. The maximum absolute atomic E-state index is 10.7. The summed E-state index contributed by atoms with van der Waals surface area (Å²) < 4.78 is 5.75. The summed E-state index contributed by atoms with van der Waals surface area (Å²) in [5.41, 5.74) is 3.13. The summed E-state index contributed by atoms with van der Waals surface area (Å²) in [4.78, 5) is 11.5. The fraction of sp³-hybridized carbons (Fsp3) is 0.222. The number of nitro groups is 1. The number of rotatable bonds is 5. The molecule has 1 aromatic heterocycles. The molecule has 3 rings (SSSR count). The van der Waals surface area contributed by atoms with Gasteiger partial charge >= 0.3 is 0 Å². The molecule has 0 unspecified atom stereocenters. The molecule has 0 spiro atoms. The first-order valence-corrected chi connectivity index (χ1v) is 8.64. The maximum atomic E-state index is 10.7. The number of nitrogens with zero attached hydrogens (tertiary/aromatic N) is 3. The molecule has 1 heterocycles. The molecule has 0 aliphatic heterocycles. The van der Waals surface area contributed by atoms with E-state index < -0.39 is 4.92 Å². The summed E-state index contributed by atoms with van der Waals surface area (Å²) in [5, 5.41) is 18.9. The highest BCUT2D eigenvalue weighted by Gasteiger charge is 2.17. The van der Waals surface area contributed by atoms with Crippen LogP contribution in [0.1, 0.15) is 29.2 Å². The lowest BCUT2D eigenvalue weighted by Crippen LogP contribution is -1.90. The molecule has 0 N–H and O–H groups in total. The zero-order valence-electron chi connectivity index (χ0n) is 14.1. The summed E-state index contributed by atoms with van der Waals surface area (Å²) in [6.45, 7) is 6.16. The van der Waals surface area contributed by atoms with Crippen molar-refractivity contribution in [1.29, 1.82) is 0 Å². The second-order valence-electron chi connectivity index (χ2n) is 5.78. The lowest BCUT2D eigenvalue weighted by molar-refractivity contribution is -0.384. The van der Waals surface area contributed by atoms with Crippen molar-refractivity contribution in [2.75, 3.05) is 0 Å². The van der Waals surface area contributed by atoms with Crippen molar-refractivity contribution >= 4 is 17.4 Å². The van der Waals surface area contributed by atoms with Crippen molar-refractivity contribution in [3.8, 4) is 11.5 Å². The van der Waals surface area contributed by atoms with E-state index in [1.807, 2.05) is 6.92 Å². The molecule has 0 saturated heterocycles. The zero-order chi connectivity index (χ0) is 18.0. The molecular formula is C18H17N3O3S. The smallest absolute Gasteiger partial charge is 0.269 e. The van der Waals surface area contributed by atoms with E-state index in [1.54, 1.807) is 23.9 Å². The normalized spacial score (nSPS) is 12.1. The van der Waals surface area contributed by atoms with Crippen LogP contribution >= 0.6 is 11.8 Å². The number of benzene rings is 2. The van der Waals surface area contributed by atoms with Crippen LogP contribution in [0.4, 0.5) is 5.69 Å². The van der Waals surface area contributed by atoms with Crippen molar-refractivity contribution in [3.63, 3.8) is 0 Å². The number of nitro benzene ring substituents is 1. The quantitative estimate of drug-likeness (QED) is 0.359. The van der Waals surface area contributed by atoms with Crippen molar-refractivity contribution < 1.29 is 9.34 Å². The fourth-order valence-corrected chi connectivity index (χ4v) is 3.38. The Labute approximate surface area is 149 Å². The highest BCUT2D eigenvalue weighted by molar-refractivity contribution is 7.99. The minimum atomic E-state index is -0.439. The first-order valence-electron chi connectivity index (χ1n) is 7.76. The van der Waals surface area contributed by atoms with Crippen molar-refractivity contribution in [1.82, 2.24) is 10.2 Å². The second kappa shape index (κ2) is 7.06. The van der Waals surface area contributed by atoms with Gasteiger partial charge in [0.1, 0.15) is 0 Å². The molecule has 7 heteroatoms. The van der Waals surface area contributed by atoms with Crippen LogP contribution in [0.3, 0.4) is 0 Å². The molecule has 128 valence electrons. The van der Waals surface area contributed by atoms with Gasteiger partial charge in [-0.1, -0.05) is 17.7 Å². The first-order chi connectivity index (χ1) is 11.9. The largest absolute Gasteiger partial charge is 0.419 e. The monoisotopic (exact) mass is 355 g/mol. The minimum absolute atomic E-state index is 0.000652. The molecule has 0 aliphatic carbocycles.